The molecule has 3 nitrogen and oxygen atoms in total. The van der Waals surface area contributed by atoms with Gasteiger partial charge in [-0.05, 0) is 12.1 Å². The number of nitrogens with zero attached hydrogens (tertiary/aromatic N) is 1. The Morgan fingerprint density at radius 1 is 1.30 bits per heavy atom. The second-order valence-electron chi connectivity index (χ2n) is 4.82. The summed E-state index contributed by atoms with van der Waals surface area (Å²) in [5, 5.41) is 13.1. The molecule has 0 saturated carbocycles. The summed E-state index contributed by atoms with van der Waals surface area (Å²) in [6.07, 6.45) is -5.22. The average molecular weight is 353 g/mol. The molecule has 2 rings (SSSR count). The molecule has 1 heterocycles. The Bertz CT molecular complexity index is 461. The van der Waals surface area contributed by atoms with E-state index in [1.165, 1.54) is 6.07 Å². The maximum atomic E-state index is 12.8. The fourth-order valence-corrected chi connectivity index (χ4v) is 2.80. The number of hydrogen-bond donors (Lipinski definition) is 2. The highest BCUT2D eigenvalue weighted by molar-refractivity contribution is 9.10. The van der Waals surface area contributed by atoms with Gasteiger partial charge in [0.15, 0.2) is 0 Å². The summed E-state index contributed by atoms with van der Waals surface area (Å²) in [6.45, 7) is 2.39. The smallest absolute Gasteiger partial charge is 0.390 e. The van der Waals surface area contributed by atoms with Crippen LogP contribution >= 0.6 is 15.9 Å². The van der Waals surface area contributed by atoms with E-state index in [-0.39, 0.29) is 5.75 Å². The number of hydrogen-bond acceptors (Lipinski definition) is 3. The van der Waals surface area contributed by atoms with E-state index >= 15 is 0 Å². The molecular formula is C13H16BrF3N2O. The zero-order valence-electron chi connectivity index (χ0n) is 10.8. The van der Waals surface area contributed by atoms with Gasteiger partial charge < -0.3 is 10.4 Å². The normalized spacial score (nSPS) is 19.0. The molecule has 0 amide bonds. The van der Waals surface area contributed by atoms with Gasteiger partial charge in [0.2, 0.25) is 0 Å². The molecule has 112 valence electrons. The summed E-state index contributed by atoms with van der Waals surface area (Å²) < 4.78 is 39.1. The Morgan fingerprint density at radius 2 is 1.95 bits per heavy atom. The van der Waals surface area contributed by atoms with Crippen molar-refractivity contribution in [1.29, 1.82) is 0 Å². The minimum atomic E-state index is -4.27. The molecule has 0 spiro atoms. The van der Waals surface area contributed by atoms with Crippen molar-refractivity contribution in [2.24, 2.45) is 0 Å². The van der Waals surface area contributed by atoms with Gasteiger partial charge in [-0.1, -0.05) is 22.0 Å². The van der Waals surface area contributed by atoms with E-state index in [0.29, 0.717) is 36.2 Å². The van der Waals surface area contributed by atoms with Crippen molar-refractivity contribution in [3.8, 4) is 5.75 Å². The fraction of sp³-hybridized carbons (Fsp3) is 0.538. The van der Waals surface area contributed by atoms with Crippen LogP contribution in [0.3, 0.4) is 0 Å². The number of benzene rings is 1. The third kappa shape index (κ3) is 4.10. The molecule has 0 aromatic heterocycles. The largest absolute Gasteiger partial charge is 0.508 e. The fourth-order valence-electron chi connectivity index (χ4n) is 2.45. The third-order valence-corrected chi connectivity index (χ3v) is 3.86. The van der Waals surface area contributed by atoms with Crippen LogP contribution in [0.2, 0.25) is 0 Å². The van der Waals surface area contributed by atoms with Gasteiger partial charge in [0, 0.05) is 42.3 Å². The Morgan fingerprint density at radius 3 is 2.50 bits per heavy atom. The van der Waals surface area contributed by atoms with Crippen molar-refractivity contribution in [3.63, 3.8) is 0 Å². The van der Waals surface area contributed by atoms with Gasteiger partial charge >= 0.3 is 6.18 Å². The summed E-state index contributed by atoms with van der Waals surface area (Å²) in [7, 11) is 0. The number of phenolic OH excluding ortho intramolecular Hbond substituents is 1. The lowest BCUT2D eigenvalue weighted by Gasteiger charge is -2.35. The minimum Gasteiger partial charge on any atom is -0.508 e. The first-order valence-corrected chi connectivity index (χ1v) is 7.16. The standard InChI is InChI=1S/C13H16BrF3N2O/c14-9-1-2-10(12(20)7-9)11(8-13(15,16)17)19-5-3-18-4-6-19/h1-2,7,11,18,20H,3-6,8H2/t11-/m1/s1. The molecule has 1 aliphatic rings. The highest BCUT2D eigenvalue weighted by Crippen LogP contribution is 2.38. The molecule has 0 unspecified atom stereocenters. The highest BCUT2D eigenvalue weighted by atomic mass is 79.9. The molecule has 1 aliphatic heterocycles. The first kappa shape index (κ1) is 15.6. The van der Waals surface area contributed by atoms with Gasteiger partial charge in [-0.25, -0.2) is 0 Å². The molecule has 1 atom stereocenters. The average Bonchev–Trinajstić information content (AvgIpc) is 2.36. The van der Waals surface area contributed by atoms with Gasteiger partial charge in [0.05, 0.1) is 6.42 Å². The number of rotatable bonds is 3. The van der Waals surface area contributed by atoms with Gasteiger partial charge in [0.25, 0.3) is 0 Å². The SMILES string of the molecule is Oc1cc(Br)ccc1[C@@H](CC(F)(F)F)N1CCNCC1. The maximum Gasteiger partial charge on any atom is 0.390 e. The molecule has 1 fully saturated rings. The van der Waals surface area contributed by atoms with Gasteiger partial charge in [-0.15, -0.1) is 0 Å². The Balaban J connectivity index is 2.29. The van der Waals surface area contributed by atoms with Crippen LogP contribution in [0.25, 0.3) is 0 Å². The minimum absolute atomic E-state index is 0.104. The zero-order chi connectivity index (χ0) is 14.8. The number of phenols is 1. The Labute approximate surface area is 123 Å². The lowest BCUT2D eigenvalue weighted by molar-refractivity contribution is -0.148. The van der Waals surface area contributed by atoms with E-state index in [4.69, 9.17) is 0 Å². The second-order valence-corrected chi connectivity index (χ2v) is 5.74. The third-order valence-electron chi connectivity index (χ3n) is 3.37. The molecule has 0 bridgehead atoms. The predicted molar refractivity (Wildman–Crippen MR) is 73.7 cm³/mol. The van der Waals surface area contributed by atoms with E-state index in [2.05, 4.69) is 21.2 Å². The molecule has 1 saturated heterocycles. The second kappa shape index (κ2) is 6.32. The molecule has 0 radical (unpaired) electrons. The number of halogens is 4. The van der Waals surface area contributed by atoms with Gasteiger partial charge in [0.1, 0.15) is 5.75 Å². The quantitative estimate of drug-likeness (QED) is 0.877. The monoisotopic (exact) mass is 352 g/mol. The maximum absolute atomic E-state index is 12.8. The first-order valence-electron chi connectivity index (χ1n) is 6.37. The number of alkyl halides is 3. The summed E-state index contributed by atoms with van der Waals surface area (Å²) >= 11 is 3.20. The molecule has 1 aromatic carbocycles. The number of piperazine rings is 1. The van der Waals surface area contributed by atoms with Crippen LogP contribution in [-0.2, 0) is 0 Å². The summed E-state index contributed by atoms with van der Waals surface area (Å²) in [5.74, 6) is -0.104. The van der Waals surface area contributed by atoms with Crippen LogP contribution in [0.1, 0.15) is 18.0 Å². The van der Waals surface area contributed by atoms with Crippen molar-refractivity contribution in [3.05, 3.63) is 28.2 Å². The van der Waals surface area contributed by atoms with E-state index in [9.17, 15) is 18.3 Å². The molecular weight excluding hydrogens is 337 g/mol. The van der Waals surface area contributed by atoms with Crippen molar-refractivity contribution < 1.29 is 18.3 Å². The van der Waals surface area contributed by atoms with Crippen LogP contribution < -0.4 is 5.32 Å². The summed E-state index contributed by atoms with van der Waals surface area (Å²) in [5.41, 5.74) is 0.326. The van der Waals surface area contributed by atoms with E-state index in [1.807, 2.05) is 0 Å². The van der Waals surface area contributed by atoms with Crippen molar-refractivity contribution >= 4 is 15.9 Å². The van der Waals surface area contributed by atoms with Crippen LogP contribution in [0, 0.1) is 0 Å². The first-order chi connectivity index (χ1) is 9.37. The molecule has 2 N–H and O–H groups in total. The van der Waals surface area contributed by atoms with E-state index in [1.54, 1.807) is 17.0 Å². The molecule has 7 heteroatoms. The topological polar surface area (TPSA) is 35.5 Å². The number of nitrogens with one attached hydrogen (secondary N) is 1. The van der Waals surface area contributed by atoms with Crippen LogP contribution in [0.4, 0.5) is 13.2 Å². The Kier molecular flexibility index (Phi) is 4.93. The van der Waals surface area contributed by atoms with Crippen molar-refractivity contribution in [2.45, 2.75) is 18.6 Å². The Hall–Kier alpha value is -0.790. The van der Waals surface area contributed by atoms with Crippen molar-refractivity contribution in [2.75, 3.05) is 26.2 Å². The lowest BCUT2D eigenvalue weighted by Crippen LogP contribution is -2.46. The molecule has 0 aliphatic carbocycles. The van der Waals surface area contributed by atoms with Crippen LogP contribution in [0.15, 0.2) is 22.7 Å². The van der Waals surface area contributed by atoms with Gasteiger partial charge in [-0.3, -0.25) is 4.90 Å². The van der Waals surface area contributed by atoms with E-state index in [0.717, 1.165) is 0 Å². The summed E-state index contributed by atoms with van der Waals surface area (Å²) in [4.78, 5) is 1.77. The van der Waals surface area contributed by atoms with Crippen LogP contribution in [-0.4, -0.2) is 42.4 Å². The highest BCUT2D eigenvalue weighted by Gasteiger charge is 2.36. The summed E-state index contributed by atoms with van der Waals surface area (Å²) in [6, 6.07) is 3.80. The number of aromatic hydroxyl groups is 1. The van der Waals surface area contributed by atoms with Crippen molar-refractivity contribution in [1.82, 2.24) is 10.2 Å². The molecule has 1 aromatic rings. The molecule has 20 heavy (non-hydrogen) atoms. The zero-order valence-corrected chi connectivity index (χ0v) is 12.3. The van der Waals surface area contributed by atoms with E-state index < -0.39 is 18.6 Å². The lowest BCUT2D eigenvalue weighted by atomic mass is 10.00. The van der Waals surface area contributed by atoms with Gasteiger partial charge in [-0.2, -0.15) is 13.2 Å². The predicted octanol–water partition coefficient (Wildman–Crippen LogP) is 3.05. The van der Waals surface area contributed by atoms with Crippen LogP contribution in [0.5, 0.6) is 5.75 Å².